The quantitative estimate of drug-likeness (QED) is 0.604. The van der Waals surface area contributed by atoms with Crippen molar-refractivity contribution in [1.82, 2.24) is 19.9 Å². The number of carbonyl (C=O) groups excluding carboxylic acids is 1. The number of nitrogens with one attached hydrogen (secondary N) is 2. The van der Waals surface area contributed by atoms with Gasteiger partial charge in [0.05, 0.1) is 35.1 Å². The molecular formula is C25H29N5O2. The minimum Gasteiger partial charge on any atom is -0.380 e. The van der Waals surface area contributed by atoms with E-state index in [1.54, 1.807) is 17.8 Å². The molecule has 7 nitrogen and oxygen atoms in total. The summed E-state index contributed by atoms with van der Waals surface area (Å²) in [5.74, 6) is 7.06. The van der Waals surface area contributed by atoms with Gasteiger partial charge in [-0.1, -0.05) is 37.8 Å². The summed E-state index contributed by atoms with van der Waals surface area (Å²) in [5, 5.41) is 10.8. The highest BCUT2D eigenvalue weighted by atomic mass is 16.5. The van der Waals surface area contributed by atoms with Gasteiger partial charge in [0, 0.05) is 18.7 Å². The molecule has 1 amide bonds. The number of methoxy groups -OCH3 is 1. The van der Waals surface area contributed by atoms with Crippen LogP contribution in [-0.2, 0) is 11.3 Å². The third-order valence-corrected chi connectivity index (χ3v) is 5.69. The van der Waals surface area contributed by atoms with Gasteiger partial charge in [0.2, 0.25) is 0 Å². The maximum absolute atomic E-state index is 13.5. The molecule has 0 aliphatic carbocycles. The molecule has 3 heterocycles. The van der Waals surface area contributed by atoms with Crippen LogP contribution in [0.1, 0.15) is 59.8 Å². The van der Waals surface area contributed by atoms with Crippen molar-refractivity contribution in [2.75, 3.05) is 25.5 Å². The fourth-order valence-corrected chi connectivity index (χ4v) is 4.10. The molecule has 2 aromatic heterocycles. The first-order valence-corrected chi connectivity index (χ1v) is 11.0. The van der Waals surface area contributed by atoms with Crippen LogP contribution in [0.5, 0.6) is 0 Å². The molecule has 3 aromatic rings. The van der Waals surface area contributed by atoms with Crippen LogP contribution in [0.3, 0.4) is 0 Å². The van der Waals surface area contributed by atoms with Gasteiger partial charge in [-0.2, -0.15) is 5.10 Å². The second-order valence-electron chi connectivity index (χ2n) is 8.37. The van der Waals surface area contributed by atoms with E-state index in [0.29, 0.717) is 23.6 Å². The Morgan fingerprint density at radius 1 is 1.28 bits per heavy atom. The van der Waals surface area contributed by atoms with Gasteiger partial charge in [-0.05, 0) is 49.5 Å². The van der Waals surface area contributed by atoms with Crippen molar-refractivity contribution in [3.05, 3.63) is 59.2 Å². The molecule has 1 fully saturated rings. The summed E-state index contributed by atoms with van der Waals surface area (Å²) in [6, 6.07) is 7.64. The number of aromatic nitrogens is 3. The van der Waals surface area contributed by atoms with Gasteiger partial charge >= 0.3 is 0 Å². The Morgan fingerprint density at radius 2 is 2.03 bits per heavy atom. The molecule has 1 aromatic carbocycles. The fraction of sp³-hybridized carbons (Fsp3) is 0.400. The molecule has 7 heteroatoms. The predicted molar refractivity (Wildman–Crippen MR) is 125 cm³/mol. The third-order valence-electron chi connectivity index (χ3n) is 5.69. The van der Waals surface area contributed by atoms with Crippen molar-refractivity contribution in [2.24, 2.45) is 5.92 Å². The summed E-state index contributed by atoms with van der Waals surface area (Å²) < 4.78 is 6.97. The molecule has 1 saturated heterocycles. The van der Waals surface area contributed by atoms with E-state index in [-0.39, 0.29) is 11.8 Å². The molecule has 1 aliphatic rings. The first kappa shape index (κ1) is 22.0. The number of ether oxygens (including phenoxy) is 1. The number of benzene rings is 1. The lowest BCUT2D eigenvalue weighted by atomic mass is 9.97. The Balaban J connectivity index is 1.75. The highest BCUT2D eigenvalue weighted by Gasteiger charge is 2.25. The van der Waals surface area contributed by atoms with Crippen LogP contribution in [0.4, 0.5) is 5.69 Å². The Labute approximate surface area is 188 Å². The number of piperidine rings is 1. The lowest BCUT2D eigenvalue weighted by Crippen LogP contribution is -2.27. The highest BCUT2D eigenvalue weighted by Crippen LogP contribution is 2.29. The molecule has 2 N–H and O–H groups in total. The maximum Gasteiger partial charge on any atom is 0.259 e. The Hall–Kier alpha value is -3.21. The first-order valence-electron chi connectivity index (χ1n) is 11.0. The summed E-state index contributed by atoms with van der Waals surface area (Å²) >= 11 is 0. The number of rotatable bonds is 5. The summed E-state index contributed by atoms with van der Waals surface area (Å²) in [4.78, 5) is 17.6. The van der Waals surface area contributed by atoms with Gasteiger partial charge in [-0.25, -0.2) is 9.50 Å². The van der Waals surface area contributed by atoms with Crippen LogP contribution in [0.15, 0.2) is 36.8 Å². The minimum absolute atomic E-state index is 0.143. The first-order chi connectivity index (χ1) is 15.6. The van der Waals surface area contributed by atoms with Crippen LogP contribution >= 0.6 is 0 Å². The van der Waals surface area contributed by atoms with E-state index >= 15 is 0 Å². The largest absolute Gasteiger partial charge is 0.380 e. The molecule has 0 saturated carbocycles. The summed E-state index contributed by atoms with van der Waals surface area (Å²) in [5.41, 5.74) is 4.63. The zero-order valence-corrected chi connectivity index (χ0v) is 18.8. The Bertz CT molecular complexity index is 1150. The number of anilines is 1. The van der Waals surface area contributed by atoms with E-state index in [0.717, 1.165) is 48.4 Å². The number of carbonyl (C=O) groups is 1. The SMILES string of the molecule is COCc1ccc(NC(=O)c2c(C#CC3CCNCC3)c(C(C)C)n3ncncc23)cc1. The third kappa shape index (κ3) is 4.67. The monoisotopic (exact) mass is 431 g/mol. The molecule has 0 atom stereocenters. The highest BCUT2D eigenvalue weighted by molar-refractivity contribution is 6.11. The van der Waals surface area contributed by atoms with Crippen LogP contribution in [0.25, 0.3) is 5.52 Å². The Kier molecular flexibility index (Phi) is 6.84. The van der Waals surface area contributed by atoms with Gasteiger partial charge < -0.3 is 15.4 Å². The standard InChI is InChI=1S/C25H29N5O2/c1-17(2)24-21(9-6-18-10-12-26-13-11-18)23(22-14-27-16-28-30(22)24)25(31)29-20-7-4-19(5-8-20)15-32-3/h4-5,7-8,14,16-18,26H,10-13,15H2,1-3H3,(H,29,31). The molecule has 0 spiro atoms. The van der Waals surface area contributed by atoms with Crippen LogP contribution in [0.2, 0.25) is 0 Å². The van der Waals surface area contributed by atoms with Crippen molar-refractivity contribution in [3.63, 3.8) is 0 Å². The number of amides is 1. The number of hydrogen-bond donors (Lipinski definition) is 2. The predicted octanol–water partition coefficient (Wildman–Crippen LogP) is 3.60. The van der Waals surface area contributed by atoms with Crippen molar-refractivity contribution >= 4 is 17.1 Å². The van der Waals surface area contributed by atoms with Gasteiger partial charge in [0.25, 0.3) is 5.91 Å². The van der Waals surface area contributed by atoms with Crippen LogP contribution in [-0.4, -0.2) is 40.7 Å². The van der Waals surface area contributed by atoms with E-state index in [1.807, 2.05) is 24.3 Å². The lowest BCUT2D eigenvalue weighted by Gasteiger charge is -2.17. The van der Waals surface area contributed by atoms with Crippen LogP contribution < -0.4 is 10.6 Å². The molecule has 1 aliphatic heterocycles. The smallest absolute Gasteiger partial charge is 0.259 e. The molecule has 4 rings (SSSR count). The van der Waals surface area contributed by atoms with E-state index in [1.165, 1.54) is 6.33 Å². The van der Waals surface area contributed by atoms with Crippen LogP contribution in [0, 0.1) is 17.8 Å². The summed E-state index contributed by atoms with van der Waals surface area (Å²) in [7, 11) is 1.66. The van der Waals surface area contributed by atoms with Gasteiger partial charge in [0.15, 0.2) is 0 Å². The molecule has 0 bridgehead atoms. The number of nitrogens with zero attached hydrogens (tertiary/aromatic N) is 3. The van der Waals surface area contributed by atoms with Crippen molar-refractivity contribution in [2.45, 2.75) is 39.2 Å². The van der Waals surface area contributed by atoms with Crippen molar-refractivity contribution in [3.8, 4) is 11.8 Å². The lowest BCUT2D eigenvalue weighted by molar-refractivity contribution is 0.102. The molecular weight excluding hydrogens is 402 g/mol. The van der Waals surface area contributed by atoms with E-state index in [2.05, 4.69) is 46.4 Å². The van der Waals surface area contributed by atoms with E-state index in [9.17, 15) is 4.79 Å². The molecule has 32 heavy (non-hydrogen) atoms. The number of fused-ring (bicyclic) bond motifs is 1. The van der Waals surface area contributed by atoms with E-state index < -0.39 is 0 Å². The normalized spacial score (nSPS) is 14.4. The minimum atomic E-state index is -0.210. The topological polar surface area (TPSA) is 80.5 Å². The molecule has 0 radical (unpaired) electrons. The molecule has 166 valence electrons. The maximum atomic E-state index is 13.5. The molecule has 0 unspecified atom stereocenters. The van der Waals surface area contributed by atoms with E-state index in [4.69, 9.17) is 4.74 Å². The summed E-state index contributed by atoms with van der Waals surface area (Å²) in [6.07, 6.45) is 5.23. The fourth-order valence-electron chi connectivity index (χ4n) is 4.10. The van der Waals surface area contributed by atoms with Crippen molar-refractivity contribution < 1.29 is 9.53 Å². The van der Waals surface area contributed by atoms with Crippen molar-refractivity contribution in [1.29, 1.82) is 0 Å². The van der Waals surface area contributed by atoms with Gasteiger partial charge in [-0.3, -0.25) is 4.79 Å². The summed E-state index contributed by atoms with van der Waals surface area (Å²) in [6.45, 7) is 6.67. The van der Waals surface area contributed by atoms with Gasteiger partial charge in [0.1, 0.15) is 6.33 Å². The van der Waals surface area contributed by atoms with Gasteiger partial charge in [-0.15, -0.1) is 0 Å². The zero-order chi connectivity index (χ0) is 22.5. The second-order valence-corrected chi connectivity index (χ2v) is 8.37. The average Bonchev–Trinajstić information content (AvgIpc) is 3.14. The number of hydrogen-bond acceptors (Lipinski definition) is 5. The Morgan fingerprint density at radius 3 is 2.72 bits per heavy atom. The average molecular weight is 432 g/mol. The zero-order valence-electron chi connectivity index (χ0n) is 18.8. The second kappa shape index (κ2) is 9.94.